The smallest absolute Gasteiger partial charge is 0.387 e. The first-order valence-electron chi connectivity index (χ1n) is 9.38. The molecule has 7 atom stereocenters. The van der Waals surface area contributed by atoms with Gasteiger partial charge in [-0.2, -0.15) is 18.6 Å². The first-order valence-corrected chi connectivity index (χ1v) is 13.8. The normalized spacial score (nSPS) is 27.9. The number of imidazole rings is 1. The highest BCUT2D eigenvalue weighted by molar-refractivity contribution is 7.67. The summed E-state index contributed by atoms with van der Waals surface area (Å²) in [5.41, 5.74) is 6.15. The summed E-state index contributed by atoms with van der Waals surface area (Å²) in [6.07, 6.45) is -4.56. The molecule has 0 saturated carbocycles. The topological polar surface area (TPSA) is 269 Å². The van der Waals surface area contributed by atoms with Gasteiger partial charge in [0.05, 0.1) is 12.9 Å². The summed E-state index contributed by atoms with van der Waals surface area (Å²) in [6, 6.07) is 0. The first kappa shape index (κ1) is 28.0. The molecule has 0 bridgehead atoms. The van der Waals surface area contributed by atoms with Crippen LogP contribution in [0.2, 0.25) is 0 Å². The zero-order chi connectivity index (χ0) is 26.2. The summed E-state index contributed by atoms with van der Waals surface area (Å²) in [5.74, 6) is 0.195. The fraction of sp³-hybridized carbons (Fsp3) is 0.615. The van der Waals surface area contributed by atoms with Gasteiger partial charge in [-0.15, -0.1) is 0 Å². The number of nitrogens with two attached hydrogens (primary N) is 1. The third-order valence-electron chi connectivity index (χ3n) is 4.55. The van der Waals surface area contributed by atoms with E-state index in [-0.39, 0.29) is 11.6 Å². The highest BCUT2D eigenvalue weighted by Gasteiger charge is 2.47. The van der Waals surface area contributed by atoms with Gasteiger partial charge >= 0.3 is 23.5 Å². The van der Waals surface area contributed by atoms with Crippen molar-refractivity contribution in [2.45, 2.75) is 24.5 Å². The van der Waals surface area contributed by atoms with E-state index in [0.29, 0.717) is 18.4 Å². The van der Waals surface area contributed by atoms with Gasteiger partial charge in [0.1, 0.15) is 18.3 Å². The number of ether oxygens (including phenoxy) is 1. The Kier molecular flexibility index (Phi) is 8.35. The van der Waals surface area contributed by atoms with Gasteiger partial charge in [0.25, 0.3) is 0 Å². The van der Waals surface area contributed by atoms with Gasteiger partial charge in [-0.25, -0.2) is 18.7 Å². The second-order valence-electron chi connectivity index (χ2n) is 6.76. The Morgan fingerprint density at radius 1 is 1.11 bits per heavy atom. The first-order chi connectivity index (χ1) is 16.2. The molecular formula is C13H23N6O13P3. The molecule has 0 aromatic carbocycles. The highest BCUT2D eigenvalue weighted by Crippen LogP contribution is 2.69. The Hall–Kier alpha value is -1.56. The molecule has 3 heterocycles. The average Bonchev–Trinajstić information content (AvgIpc) is 3.31. The van der Waals surface area contributed by atoms with Crippen LogP contribution in [0.4, 0.5) is 11.8 Å². The quantitative estimate of drug-likeness (QED) is 0.191. The number of rotatable bonds is 11. The molecule has 0 amide bonds. The Bertz CT molecular complexity index is 1210. The highest BCUT2D eigenvalue weighted by atomic mass is 31.3. The van der Waals surface area contributed by atoms with E-state index in [1.165, 1.54) is 10.9 Å². The van der Waals surface area contributed by atoms with Crippen molar-refractivity contribution in [2.75, 3.05) is 38.9 Å². The van der Waals surface area contributed by atoms with Crippen LogP contribution in [0.15, 0.2) is 6.33 Å². The van der Waals surface area contributed by atoms with E-state index >= 15 is 0 Å². The summed E-state index contributed by atoms with van der Waals surface area (Å²) in [4.78, 5) is 30.9. The molecule has 1 aliphatic rings. The molecule has 7 N–H and O–H groups in total. The number of aliphatic hydroxyl groups excluding tert-OH is 2. The van der Waals surface area contributed by atoms with E-state index in [1.807, 2.05) is 0 Å². The number of hydrogen-bond donors (Lipinski definition) is 6. The standard InChI is InChI=1S/C13H23N6O13P3/c1-15-10-7-11(18-13(14)17-10)19(5-16-7)12-9(21)8(20)6(30-12)4-29-35(26,28-3)32-34(24,25)31-33(22,23)27-2/h5-6,8-9,12,20-21H,4H2,1-3H3,(H,22,23)(H,24,25)(H3,14,15,17,18). The van der Waals surface area contributed by atoms with E-state index in [0.717, 1.165) is 7.11 Å². The molecule has 22 heteroatoms. The molecule has 19 nitrogen and oxygen atoms in total. The van der Waals surface area contributed by atoms with E-state index in [2.05, 4.69) is 37.9 Å². The maximum Gasteiger partial charge on any atom is 0.490 e. The molecular weight excluding hydrogens is 541 g/mol. The monoisotopic (exact) mass is 564 g/mol. The van der Waals surface area contributed by atoms with Crippen molar-refractivity contribution >= 4 is 46.4 Å². The lowest BCUT2D eigenvalue weighted by Gasteiger charge is -2.21. The summed E-state index contributed by atoms with van der Waals surface area (Å²) < 4.78 is 64.2. The summed E-state index contributed by atoms with van der Waals surface area (Å²) in [7, 11) is -12.4. The van der Waals surface area contributed by atoms with Gasteiger partial charge in [0.15, 0.2) is 23.2 Å². The minimum Gasteiger partial charge on any atom is -0.387 e. The molecule has 1 saturated heterocycles. The number of phosphoric ester groups is 2. The maximum atomic E-state index is 12.6. The molecule has 1 fully saturated rings. The second kappa shape index (κ2) is 10.4. The fourth-order valence-electron chi connectivity index (χ4n) is 2.97. The number of nitrogens with zero attached hydrogens (tertiary/aromatic N) is 4. The van der Waals surface area contributed by atoms with Crippen LogP contribution >= 0.6 is 23.5 Å². The van der Waals surface area contributed by atoms with Gasteiger partial charge in [-0.1, -0.05) is 0 Å². The molecule has 0 spiro atoms. The molecule has 35 heavy (non-hydrogen) atoms. The molecule has 0 aliphatic carbocycles. The number of anilines is 2. The van der Waals surface area contributed by atoms with Gasteiger partial charge in [0.2, 0.25) is 5.95 Å². The Labute approximate surface area is 197 Å². The van der Waals surface area contributed by atoms with Crippen molar-refractivity contribution in [1.29, 1.82) is 0 Å². The van der Waals surface area contributed by atoms with Crippen molar-refractivity contribution in [1.82, 2.24) is 19.5 Å². The number of hydrogen-bond acceptors (Lipinski definition) is 16. The number of nitrogens with one attached hydrogen (secondary N) is 1. The minimum atomic E-state index is -5.50. The largest absolute Gasteiger partial charge is 0.490 e. The molecule has 3 rings (SSSR count). The fourth-order valence-corrected chi connectivity index (χ4v) is 6.57. The van der Waals surface area contributed by atoms with Crippen molar-refractivity contribution in [3.63, 3.8) is 0 Å². The lowest BCUT2D eigenvalue weighted by Crippen LogP contribution is -2.33. The third kappa shape index (κ3) is 6.23. The minimum absolute atomic E-state index is 0.105. The van der Waals surface area contributed by atoms with Crippen LogP contribution in [0.5, 0.6) is 0 Å². The number of nitrogen functional groups attached to an aromatic ring is 1. The molecule has 2 aromatic rings. The van der Waals surface area contributed by atoms with Crippen LogP contribution in [0, 0.1) is 0 Å². The van der Waals surface area contributed by atoms with E-state index in [1.54, 1.807) is 7.05 Å². The zero-order valence-corrected chi connectivity index (χ0v) is 20.9. The van der Waals surface area contributed by atoms with Crippen LogP contribution in [0.1, 0.15) is 6.23 Å². The third-order valence-corrected chi connectivity index (χ3v) is 9.20. The van der Waals surface area contributed by atoms with Crippen LogP contribution in [0.3, 0.4) is 0 Å². The van der Waals surface area contributed by atoms with E-state index in [4.69, 9.17) is 19.9 Å². The molecule has 2 aromatic heterocycles. The molecule has 7 unspecified atom stereocenters. The van der Waals surface area contributed by atoms with E-state index < -0.39 is 54.6 Å². The van der Waals surface area contributed by atoms with Crippen LogP contribution < -0.4 is 11.1 Å². The Morgan fingerprint density at radius 2 is 1.80 bits per heavy atom. The van der Waals surface area contributed by atoms with Gasteiger partial charge in [-0.05, 0) is 0 Å². The number of fused-ring (bicyclic) bond motifs is 1. The van der Waals surface area contributed by atoms with Crippen LogP contribution in [0.25, 0.3) is 11.2 Å². The summed E-state index contributed by atoms with van der Waals surface area (Å²) >= 11 is 0. The lowest BCUT2D eigenvalue weighted by molar-refractivity contribution is -0.0508. The number of phosphoric acid groups is 3. The molecule has 1 aliphatic heterocycles. The summed E-state index contributed by atoms with van der Waals surface area (Å²) in [5, 5.41) is 23.7. The van der Waals surface area contributed by atoms with Gasteiger partial charge in [0, 0.05) is 21.3 Å². The second-order valence-corrected chi connectivity index (χ2v) is 11.8. The number of aliphatic hydroxyl groups is 2. The van der Waals surface area contributed by atoms with Crippen LogP contribution in [-0.2, 0) is 40.6 Å². The van der Waals surface area contributed by atoms with Gasteiger partial charge < -0.3 is 35.8 Å². The Balaban J connectivity index is 1.75. The van der Waals surface area contributed by atoms with Crippen molar-refractivity contribution < 1.29 is 60.6 Å². The number of aromatic nitrogens is 4. The van der Waals surface area contributed by atoms with Crippen LogP contribution in [-0.4, -0.2) is 85.7 Å². The van der Waals surface area contributed by atoms with Crippen molar-refractivity contribution in [2.24, 2.45) is 0 Å². The Morgan fingerprint density at radius 3 is 2.40 bits per heavy atom. The maximum absolute atomic E-state index is 12.6. The van der Waals surface area contributed by atoms with E-state index in [9.17, 15) is 28.8 Å². The SMILES string of the molecule is CNc1nc(N)nc2c1ncn2C1OC(COP(=O)(OC)OP(=O)(O)OP(=O)(O)OC)C(O)C1O. The molecule has 198 valence electrons. The predicted octanol–water partition coefficient (Wildman–Crippen LogP) is -0.279. The zero-order valence-electron chi connectivity index (χ0n) is 18.3. The molecule has 0 radical (unpaired) electrons. The van der Waals surface area contributed by atoms with Gasteiger partial charge in [-0.3, -0.25) is 18.1 Å². The average molecular weight is 564 g/mol. The summed E-state index contributed by atoms with van der Waals surface area (Å²) in [6.45, 7) is -0.799. The lowest BCUT2D eigenvalue weighted by atomic mass is 10.1. The predicted molar refractivity (Wildman–Crippen MR) is 115 cm³/mol. The van der Waals surface area contributed by atoms with Crippen molar-refractivity contribution in [3.05, 3.63) is 6.33 Å². The van der Waals surface area contributed by atoms with Crippen molar-refractivity contribution in [3.8, 4) is 0 Å².